The van der Waals surface area contributed by atoms with Crippen LogP contribution in [-0.4, -0.2) is 60.9 Å². The third kappa shape index (κ3) is 5.25. The van der Waals surface area contributed by atoms with Gasteiger partial charge in [-0.3, -0.25) is 0 Å². The van der Waals surface area contributed by atoms with E-state index in [2.05, 4.69) is 30.2 Å². The van der Waals surface area contributed by atoms with Crippen molar-refractivity contribution in [2.75, 3.05) is 48.5 Å². The Morgan fingerprint density at radius 3 is 2.58 bits per heavy atom. The second-order valence-corrected chi connectivity index (χ2v) is 9.16. The van der Waals surface area contributed by atoms with E-state index in [0.717, 1.165) is 5.56 Å². The van der Waals surface area contributed by atoms with Gasteiger partial charge in [-0.15, -0.1) is 0 Å². The predicted molar refractivity (Wildman–Crippen MR) is 117 cm³/mol. The van der Waals surface area contributed by atoms with Crippen LogP contribution in [0.3, 0.4) is 0 Å². The number of nitrogens with zero attached hydrogens (tertiary/aromatic N) is 5. The van der Waals surface area contributed by atoms with Crippen LogP contribution < -0.4 is 16.0 Å². The number of morpholine rings is 1. The van der Waals surface area contributed by atoms with Gasteiger partial charge in [-0.2, -0.15) is 4.98 Å². The van der Waals surface area contributed by atoms with E-state index >= 15 is 0 Å². The summed E-state index contributed by atoms with van der Waals surface area (Å²) >= 11 is 0. The van der Waals surface area contributed by atoms with Crippen molar-refractivity contribution in [1.29, 1.82) is 0 Å². The van der Waals surface area contributed by atoms with E-state index in [4.69, 9.17) is 10.5 Å². The monoisotopic (exact) mass is 441 g/mol. The molecule has 31 heavy (non-hydrogen) atoms. The number of anilines is 3. The van der Waals surface area contributed by atoms with Gasteiger partial charge >= 0.3 is 0 Å². The van der Waals surface area contributed by atoms with E-state index in [1.807, 2.05) is 6.07 Å². The van der Waals surface area contributed by atoms with Crippen LogP contribution in [0.2, 0.25) is 0 Å². The first-order valence-corrected chi connectivity index (χ1v) is 11.6. The Kier molecular flexibility index (Phi) is 5.96. The van der Waals surface area contributed by atoms with Crippen molar-refractivity contribution in [3.8, 4) is 11.3 Å². The predicted octanol–water partition coefficient (Wildman–Crippen LogP) is 1.37. The zero-order chi connectivity index (χ0) is 21.8. The molecule has 3 aromatic rings. The fraction of sp³-hybridized carbons (Fsp3) is 0.300. The lowest BCUT2D eigenvalue weighted by Gasteiger charge is -2.27. The number of ether oxygens (including phenoxy) is 1. The van der Waals surface area contributed by atoms with Crippen LogP contribution in [0, 0.1) is 0 Å². The van der Waals surface area contributed by atoms with Gasteiger partial charge in [0, 0.05) is 49.9 Å². The van der Waals surface area contributed by atoms with Gasteiger partial charge in [0.1, 0.15) is 5.82 Å². The molecule has 10 nitrogen and oxygen atoms in total. The van der Waals surface area contributed by atoms with Gasteiger partial charge < -0.3 is 20.7 Å². The topological polar surface area (TPSA) is 136 Å². The van der Waals surface area contributed by atoms with Crippen molar-refractivity contribution in [3.63, 3.8) is 0 Å². The van der Waals surface area contributed by atoms with Gasteiger partial charge in [0.2, 0.25) is 11.9 Å². The Morgan fingerprint density at radius 2 is 1.87 bits per heavy atom. The molecule has 1 aliphatic heterocycles. The zero-order valence-electron chi connectivity index (χ0n) is 17.0. The number of sulfone groups is 1. The Bertz CT molecular complexity index is 1160. The van der Waals surface area contributed by atoms with E-state index in [0.29, 0.717) is 55.9 Å². The molecule has 162 valence electrons. The van der Waals surface area contributed by atoms with Crippen LogP contribution in [0.5, 0.6) is 0 Å². The van der Waals surface area contributed by atoms with Crippen molar-refractivity contribution in [2.24, 2.45) is 0 Å². The molecule has 0 bridgehead atoms. The SMILES string of the molecule is CS(=O)(=O)c1cccc(CNc2cc(-c3cnc(N)nc3)nc(N3CCOCC3)n2)c1. The van der Waals surface area contributed by atoms with Crippen molar-refractivity contribution in [2.45, 2.75) is 11.4 Å². The molecule has 1 fully saturated rings. The fourth-order valence-electron chi connectivity index (χ4n) is 3.13. The number of aromatic nitrogens is 4. The average Bonchev–Trinajstić information content (AvgIpc) is 2.78. The Hall–Kier alpha value is -3.31. The maximum Gasteiger partial charge on any atom is 0.228 e. The summed E-state index contributed by atoms with van der Waals surface area (Å²) in [5, 5.41) is 3.27. The fourth-order valence-corrected chi connectivity index (χ4v) is 3.82. The third-order valence-electron chi connectivity index (χ3n) is 4.78. The summed E-state index contributed by atoms with van der Waals surface area (Å²) in [5.41, 5.74) is 7.80. The number of nitrogens with one attached hydrogen (secondary N) is 1. The maximum atomic E-state index is 11.8. The van der Waals surface area contributed by atoms with Crippen LogP contribution in [0.15, 0.2) is 47.6 Å². The largest absolute Gasteiger partial charge is 0.378 e. The lowest BCUT2D eigenvalue weighted by molar-refractivity contribution is 0.122. The Labute approximate surface area is 180 Å². The molecule has 3 N–H and O–H groups in total. The highest BCUT2D eigenvalue weighted by molar-refractivity contribution is 7.90. The molecule has 0 radical (unpaired) electrons. The zero-order valence-corrected chi connectivity index (χ0v) is 17.8. The number of hydrogen-bond donors (Lipinski definition) is 2. The molecule has 1 aromatic carbocycles. The number of hydrogen-bond acceptors (Lipinski definition) is 10. The van der Waals surface area contributed by atoms with Crippen LogP contribution in [-0.2, 0) is 21.1 Å². The molecular weight excluding hydrogens is 418 g/mol. The van der Waals surface area contributed by atoms with Crippen LogP contribution >= 0.6 is 0 Å². The normalized spacial score (nSPS) is 14.4. The first-order valence-electron chi connectivity index (χ1n) is 9.71. The summed E-state index contributed by atoms with van der Waals surface area (Å²) in [6.07, 6.45) is 4.43. The van der Waals surface area contributed by atoms with Gasteiger partial charge in [-0.05, 0) is 17.7 Å². The minimum atomic E-state index is -3.27. The number of rotatable bonds is 6. The molecule has 0 spiro atoms. The summed E-state index contributed by atoms with van der Waals surface area (Å²) < 4.78 is 29.1. The first-order chi connectivity index (χ1) is 14.9. The van der Waals surface area contributed by atoms with Crippen molar-refractivity contribution >= 4 is 27.6 Å². The van der Waals surface area contributed by atoms with E-state index in [1.54, 1.807) is 36.7 Å². The summed E-state index contributed by atoms with van der Waals surface area (Å²) in [6, 6.07) is 8.63. The second-order valence-electron chi connectivity index (χ2n) is 7.14. The second kappa shape index (κ2) is 8.82. The van der Waals surface area contributed by atoms with E-state index in [1.165, 1.54) is 6.26 Å². The highest BCUT2D eigenvalue weighted by atomic mass is 32.2. The molecule has 4 rings (SSSR count). The van der Waals surface area contributed by atoms with E-state index < -0.39 is 9.84 Å². The lowest BCUT2D eigenvalue weighted by Crippen LogP contribution is -2.37. The molecule has 0 atom stereocenters. The maximum absolute atomic E-state index is 11.8. The lowest BCUT2D eigenvalue weighted by atomic mass is 10.2. The van der Waals surface area contributed by atoms with Gasteiger partial charge in [0.05, 0.1) is 23.8 Å². The molecule has 11 heteroatoms. The number of benzene rings is 1. The summed E-state index contributed by atoms with van der Waals surface area (Å²) in [7, 11) is -3.27. The number of nitrogens with two attached hydrogens (primary N) is 1. The summed E-state index contributed by atoms with van der Waals surface area (Å²) in [4.78, 5) is 19.8. The highest BCUT2D eigenvalue weighted by Crippen LogP contribution is 2.23. The van der Waals surface area contributed by atoms with Crippen LogP contribution in [0.1, 0.15) is 5.56 Å². The van der Waals surface area contributed by atoms with E-state index in [9.17, 15) is 8.42 Å². The van der Waals surface area contributed by atoms with Crippen LogP contribution in [0.4, 0.5) is 17.7 Å². The molecule has 3 heterocycles. The minimum Gasteiger partial charge on any atom is -0.378 e. The van der Waals surface area contributed by atoms with Crippen molar-refractivity contribution in [3.05, 3.63) is 48.3 Å². The summed E-state index contributed by atoms with van der Waals surface area (Å²) in [6.45, 7) is 3.01. The molecule has 0 unspecified atom stereocenters. The first kappa shape index (κ1) is 20.9. The van der Waals surface area contributed by atoms with Gasteiger partial charge in [0.15, 0.2) is 9.84 Å². The smallest absolute Gasteiger partial charge is 0.228 e. The minimum absolute atomic E-state index is 0.190. The molecule has 1 aliphatic rings. The van der Waals surface area contributed by atoms with Gasteiger partial charge in [-0.1, -0.05) is 12.1 Å². The third-order valence-corrected chi connectivity index (χ3v) is 5.89. The van der Waals surface area contributed by atoms with E-state index in [-0.39, 0.29) is 10.8 Å². The molecule has 0 saturated carbocycles. The average molecular weight is 442 g/mol. The Balaban J connectivity index is 1.63. The Morgan fingerprint density at radius 1 is 1.13 bits per heavy atom. The highest BCUT2D eigenvalue weighted by Gasteiger charge is 2.17. The molecule has 0 amide bonds. The van der Waals surface area contributed by atoms with Crippen molar-refractivity contribution < 1.29 is 13.2 Å². The van der Waals surface area contributed by atoms with Crippen LogP contribution in [0.25, 0.3) is 11.3 Å². The van der Waals surface area contributed by atoms with Crippen molar-refractivity contribution in [1.82, 2.24) is 19.9 Å². The molecular formula is C20H23N7O3S. The molecule has 2 aromatic heterocycles. The standard InChI is InChI=1S/C20H23N7O3S/c1-31(28,29)16-4-2-3-14(9-16)11-22-18-10-17(15-12-23-19(21)24-13-15)25-20(26-18)27-5-7-30-8-6-27/h2-4,9-10,12-13H,5-8,11H2,1H3,(H2,21,23,24)(H,22,25,26). The molecule has 1 saturated heterocycles. The summed E-state index contributed by atoms with van der Waals surface area (Å²) in [5.74, 6) is 1.37. The van der Waals surface area contributed by atoms with Gasteiger partial charge in [-0.25, -0.2) is 23.4 Å². The van der Waals surface area contributed by atoms with Gasteiger partial charge in [0.25, 0.3) is 0 Å². The molecule has 0 aliphatic carbocycles. The number of nitrogen functional groups attached to an aromatic ring is 1. The quantitative estimate of drug-likeness (QED) is 0.577.